The summed E-state index contributed by atoms with van der Waals surface area (Å²) in [6, 6.07) is 9.01. The molecule has 0 saturated heterocycles. The zero-order valence-electron chi connectivity index (χ0n) is 11.4. The average Bonchev–Trinajstić information content (AvgIpc) is 2.49. The van der Waals surface area contributed by atoms with Crippen molar-refractivity contribution in [1.82, 2.24) is 10.3 Å². The number of primary amides is 1. The first-order valence-corrected chi connectivity index (χ1v) is 7.18. The molecule has 1 atom stereocenters. The lowest BCUT2D eigenvalue weighted by atomic mass is 10.1. The fourth-order valence-corrected chi connectivity index (χ4v) is 2.20. The summed E-state index contributed by atoms with van der Waals surface area (Å²) >= 11 is 11.7. The van der Waals surface area contributed by atoms with Gasteiger partial charge >= 0.3 is 0 Å². The van der Waals surface area contributed by atoms with Crippen LogP contribution < -0.4 is 11.1 Å². The van der Waals surface area contributed by atoms with Crippen LogP contribution in [0.2, 0.25) is 10.2 Å². The topological polar surface area (TPSA) is 85.1 Å². The van der Waals surface area contributed by atoms with E-state index in [1.165, 1.54) is 6.20 Å². The number of carbonyl (C=O) groups excluding carboxylic acids is 2. The van der Waals surface area contributed by atoms with Gasteiger partial charge in [0.15, 0.2) is 0 Å². The Kier molecular flexibility index (Phi) is 5.35. The molecular weight excluding hydrogens is 325 g/mol. The molecule has 5 nitrogen and oxygen atoms in total. The minimum absolute atomic E-state index is 0.218. The minimum Gasteiger partial charge on any atom is -0.368 e. The third kappa shape index (κ3) is 4.19. The Morgan fingerprint density at radius 1 is 1.18 bits per heavy atom. The van der Waals surface area contributed by atoms with Crippen molar-refractivity contribution < 1.29 is 9.59 Å². The first-order valence-electron chi connectivity index (χ1n) is 6.42. The Morgan fingerprint density at radius 3 is 2.50 bits per heavy atom. The Hall–Kier alpha value is -2.11. The van der Waals surface area contributed by atoms with Gasteiger partial charge in [0.2, 0.25) is 5.91 Å². The van der Waals surface area contributed by atoms with E-state index < -0.39 is 17.9 Å². The number of amides is 2. The van der Waals surface area contributed by atoms with Crippen LogP contribution in [0.5, 0.6) is 0 Å². The molecule has 3 N–H and O–H groups in total. The summed E-state index contributed by atoms with van der Waals surface area (Å²) in [5.74, 6) is -1.10. The molecule has 0 aliphatic rings. The lowest BCUT2D eigenvalue weighted by molar-refractivity contribution is -0.119. The van der Waals surface area contributed by atoms with Crippen LogP contribution in [0.15, 0.2) is 42.6 Å². The molecule has 1 aromatic carbocycles. The largest absolute Gasteiger partial charge is 0.368 e. The van der Waals surface area contributed by atoms with E-state index >= 15 is 0 Å². The summed E-state index contributed by atoms with van der Waals surface area (Å²) in [4.78, 5) is 27.7. The number of halogens is 2. The quantitative estimate of drug-likeness (QED) is 0.820. The van der Waals surface area contributed by atoms with E-state index in [4.69, 9.17) is 28.9 Å². The van der Waals surface area contributed by atoms with E-state index in [2.05, 4.69) is 10.3 Å². The molecule has 1 heterocycles. The van der Waals surface area contributed by atoms with Crippen molar-refractivity contribution in [3.8, 4) is 0 Å². The van der Waals surface area contributed by atoms with Gasteiger partial charge in [0.25, 0.3) is 5.91 Å². The maximum absolute atomic E-state index is 12.2. The van der Waals surface area contributed by atoms with Crippen molar-refractivity contribution in [2.75, 3.05) is 0 Å². The molecule has 0 aliphatic carbocycles. The van der Waals surface area contributed by atoms with E-state index in [0.29, 0.717) is 10.2 Å². The van der Waals surface area contributed by atoms with Gasteiger partial charge in [-0.1, -0.05) is 41.4 Å². The Labute approximate surface area is 137 Å². The third-order valence-corrected chi connectivity index (χ3v) is 3.55. The molecule has 7 heteroatoms. The summed E-state index contributed by atoms with van der Waals surface area (Å²) in [7, 11) is 0. The van der Waals surface area contributed by atoms with Gasteiger partial charge < -0.3 is 11.1 Å². The van der Waals surface area contributed by atoms with Crippen molar-refractivity contribution in [3.63, 3.8) is 0 Å². The van der Waals surface area contributed by atoms with Gasteiger partial charge in [-0.05, 0) is 23.8 Å². The second-order valence-electron chi connectivity index (χ2n) is 4.60. The van der Waals surface area contributed by atoms with Gasteiger partial charge in [-0.2, -0.15) is 0 Å². The SMILES string of the molecule is NC(=O)[C@H](Cc1ccc(Cl)nc1)NC(=O)c1ccccc1Cl. The zero-order valence-corrected chi connectivity index (χ0v) is 12.9. The molecule has 0 unspecified atom stereocenters. The summed E-state index contributed by atoms with van der Waals surface area (Å²) in [6.45, 7) is 0. The number of hydrogen-bond acceptors (Lipinski definition) is 3. The molecule has 2 amide bonds. The molecule has 0 fully saturated rings. The first-order chi connectivity index (χ1) is 10.5. The fourth-order valence-electron chi connectivity index (χ4n) is 1.87. The van der Waals surface area contributed by atoms with Gasteiger partial charge in [0, 0.05) is 12.6 Å². The van der Waals surface area contributed by atoms with Gasteiger partial charge in [-0.3, -0.25) is 9.59 Å². The molecule has 1 aromatic heterocycles. The molecule has 0 aliphatic heterocycles. The van der Waals surface area contributed by atoms with E-state index in [9.17, 15) is 9.59 Å². The average molecular weight is 338 g/mol. The van der Waals surface area contributed by atoms with Crippen molar-refractivity contribution >= 4 is 35.0 Å². The number of rotatable bonds is 5. The predicted molar refractivity (Wildman–Crippen MR) is 84.9 cm³/mol. The van der Waals surface area contributed by atoms with Crippen molar-refractivity contribution in [2.45, 2.75) is 12.5 Å². The van der Waals surface area contributed by atoms with E-state index in [1.807, 2.05) is 0 Å². The highest BCUT2D eigenvalue weighted by Crippen LogP contribution is 2.15. The fraction of sp³-hybridized carbons (Fsp3) is 0.133. The van der Waals surface area contributed by atoms with Crippen LogP contribution in [0.3, 0.4) is 0 Å². The number of carbonyl (C=O) groups is 2. The maximum Gasteiger partial charge on any atom is 0.253 e. The van der Waals surface area contributed by atoms with E-state index in [-0.39, 0.29) is 12.0 Å². The minimum atomic E-state index is -0.869. The molecule has 2 rings (SSSR count). The second-order valence-corrected chi connectivity index (χ2v) is 5.40. The summed E-state index contributed by atoms with van der Waals surface area (Å²) < 4.78 is 0. The molecule has 0 saturated carbocycles. The van der Waals surface area contributed by atoms with Crippen molar-refractivity contribution in [1.29, 1.82) is 0 Å². The summed E-state index contributed by atoms with van der Waals surface area (Å²) in [5.41, 5.74) is 6.36. The molecule has 0 spiro atoms. The second kappa shape index (κ2) is 7.24. The highest BCUT2D eigenvalue weighted by atomic mass is 35.5. The molecule has 114 valence electrons. The highest BCUT2D eigenvalue weighted by Gasteiger charge is 2.20. The number of nitrogens with zero attached hydrogens (tertiary/aromatic N) is 1. The van der Waals surface area contributed by atoms with Crippen LogP contribution >= 0.6 is 23.2 Å². The number of pyridine rings is 1. The normalized spacial score (nSPS) is 11.7. The Balaban J connectivity index is 2.12. The smallest absolute Gasteiger partial charge is 0.253 e. The van der Waals surface area contributed by atoms with Crippen LogP contribution in [0, 0.1) is 0 Å². The number of aromatic nitrogens is 1. The van der Waals surface area contributed by atoms with Gasteiger partial charge in [-0.15, -0.1) is 0 Å². The summed E-state index contributed by atoms with van der Waals surface area (Å²) in [6.07, 6.45) is 1.75. The lowest BCUT2D eigenvalue weighted by Gasteiger charge is -2.16. The third-order valence-electron chi connectivity index (χ3n) is 3.00. The van der Waals surface area contributed by atoms with Crippen molar-refractivity contribution in [2.24, 2.45) is 5.73 Å². The monoisotopic (exact) mass is 337 g/mol. The maximum atomic E-state index is 12.2. The van der Waals surface area contributed by atoms with Crippen LogP contribution in [-0.2, 0) is 11.2 Å². The Morgan fingerprint density at radius 2 is 1.91 bits per heavy atom. The molecule has 22 heavy (non-hydrogen) atoms. The molecular formula is C15H13Cl2N3O2. The summed E-state index contributed by atoms with van der Waals surface area (Å²) in [5, 5.41) is 3.23. The van der Waals surface area contributed by atoms with E-state index in [0.717, 1.165) is 5.56 Å². The van der Waals surface area contributed by atoms with E-state index in [1.54, 1.807) is 36.4 Å². The van der Waals surface area contributed by atoms with Crippen LogP contribution in [0.4, 0.5) is 0 Å². The number of hydrogen-bond donors (Lipinski definition) is 2. The van der Waals surface area contributed by atoms with Crippen LogP contribution in [-0.4, -0.2) is 22.8 Å². The standard InChI is InChI=1S/C15H13Cl2N3O2/c16-11-4-2-1-3-10(11)15(22)20-12(14(18)21)7-9-5-6-13(17)19-8-9/h1-6,8,12H,7H2,(H2,18,21)(H,20,22)/t12-/m0/s1. The predicted octanol–water partition coefficient (Wildman–Crippen LogP) is 2.21. The molecule has 0 radical (unpaired) electrons. The van der Waals surface area contributed by atoms with Gasteiger partial charge in [-0.25, -0.2) is 4.98 Å². The zero-order chi connectivity index (χ0) is 16.1. The van der Waals surface area contributed by atoms with Crippen LogP contribution in [0.1, 0.15) is 15.9 Å². The molecule has 0 bridgehead atoms. The number of nitrogens with two attached hydrogens (primary N) is 1. The molecule has 2 aromatic rings. The van der Waals surface area contributed by atoms with Gasteiger partial charge in [0.1, 0.15) is 11.2 Å². The highest BCUT2D eigenvalue weighted by molar-refractivity contribution is 6.33. The number of benzene rings is 1. The van der Waals surface area contributed by atoms with Crippen LogP contribution in [0.25, 0.3) is 0 Å². The number of nitrogens with one attached hydrogen (secondary N) is 1. The first kappa shape index (κ1) is 16.3. The Bertz CT molecular complexity index is 689. The van der Waals surface area contributed by atoms with Gasteiger partial charge in [0.05, 0.1) is 10.6 Å². The van der Waals surface area contributed by atoms with Crippen molar-refractivity contribution in [3.05, 3.63) is 63.9 Å². The lowest BCUT2D eigenvalue weighted by Crippen LogP contribution is -2.45.